The highest BCUT2D eigenvalue weighted by atomic mass is 127. The van der Waals surface area contributed by atoms with E-state index in [1.54, 1.807) is 23.1 Å². The zero-order chi connectivity index (χ0) is 29.7. The van der Waals surface area contributed by atoms with Crippen LogP contribution in [0.3, 0.4) is 0 Å². The van der Waals surface area contributed by atoms with Crippen molar-refractivity contribution in [2.24, 2.45) is 23.7 Å². The van der Waals surface area contributed by atoms with E-state index in [0.29, 0.717) is 56.9 Å². The summed E-state index contributed by atoms with van der Waals surface area (Å²) in [6.45, 7) is 4.57. The monoisotopic (exact) mass is 682 g/mol. The van der Waals surface area contributed by atoms with Gasteiger partial charge in [0, 0.05) is 37.1 Å². The Morgan fingerprint density at radius 3 is 2.63 bits per heavy atom. The van der Waals surface area contributed by atoms with Crippen molar-refractivity contribution in [1.29, 1.82) is 0 Å². The van der Waals surface area contributed by atoms with Crippen LogP contribution in [-0.2, 0) is 9.59 Å². The number of carbonyl (C=O) groups is 3. The molecule has 3 N–H and O–H groups in total. The molecule has 0 aromatic heterocycles. The molecule has 1 aromatic carbocycles. The number of carbonyl (C=O) groups excluding carboxylic acids is 3. The van der Waals surface area contributed by atoms with Crippen LogP contribution in [0.4, 0.5) is 0 Å². The van der Waals surface area contributed by atoms with Crippen molar-refractivity contribution in [1.82, 2.24) is 10.2 Å². The number of hydrogen-bond acceptors (Lipinski definition) is 7. The summed E-state index contributed by atoms with van der Waals surface area (Å²) >= 11 is 2.05. The van der Waals surface area contributed by atoms with Crippen LogP contribution in [0.1, 0.15) is 69.2 Å². The molecule has 2 fully saturated rings. The fourth-order valence-corrected chi connectivity index (χ4v) is 7.43. The van der Waals surface area contributed by atoms with Crippen LogP contribution < -0.4 is 14.8 Å². The Morgan fingerprint density at radius 2 is 2.02 bits per heavy atom. The average molecular weight is 683 g/mol. The van der Waals surface area contributed by atoms with Crippen LogP contribution in [-0.4, -0.2) is 78.3 Å². The largest absolute Gasteiger partial charge is 0.493 e. The van der Waals surface area contributed by atoms with Gasteiger partial charge in [0.05, 0.1) is 23.3 Å². The second-order valence-electron chi connectivity index (χ2n) is 12.1. The predicted molar refractivity (Wildman–Crippen MR) is 163 cm³/mol. The zero-order valence-electron chi connectivity index (χ0n) is 24.2. The molecule has 41 heavy (non-hydrogen) atoms. The van der Waals surface area contributed by atoms with Crippen molar-refractivity contribution in [3.8, 4) is 11.5 Å². The van der Waals surface area contributed by atoms with Gasteiger partial charge in [-0.15, -0.1) is 0 Å². The third-order valence-electron chi connectivity index (χ3n) is 8.85. The molecule has 226 valence electrons. The molecule has 0 spiro atoms. The minimum atomic E-state index is -1.10. The Balaban J connectivity index is 1.64. The zero-order valence-corrected chi connectivity index (χ0v) is 26.3. The van der Waals surface area contributed by atoms with Gasteiger partial charge in [-0.2, -0.15) is 0 Å². The number of aliphatic hydroxyl groups excluding tert-OH is 2. The van der Waals surface area contributed by atoms with E-state index in [1.165, 1.54) is 26.4 Å². The van der Waals surface area contributed by atoms with Gasteiger partial charge in [0.25, 0.3) is 0 Å². The summed E-state index contributed by atoms with van der Waals surface area (Å²) in [5.41, 5.74) is 0.811. The Bertz CT molecular complexity index is 1140. The van der Waals surface area contributed by atoms with Crippen LogP contribution in [0.2, 0.25) is 0 Å². The molecule has 1 aromatic rings. The number of aliphatic hydroxyl groups is 2. The van der Waals surface area contributed by atoms with Crippen molar-refractivity contribution in [3.05, 3.63) is 32.9 Å². The average Bonchev–Trinajstić information content (AvgIpc) is 3.57. The van der Waals surface area contributed by atoms with Gasteiger partial charge in [0.1, 0.15) is 18.5 Å². The normalized spacial score (nSPS) is 27.0. The quantitative estimate of drug-likeness (QED) is 0.214. The summed E-state index contributed by atoms with van der Waals surface area (Å²) < 4.78 is 12.4. The van der Waals surface area contributed by atoms with E-state index in [4.69, 9.17) is 9.47 Å². The minimum absolute atomic E-state index is 0.0190. The number of methoxy groups -OCH3 is 1. The summed E-state index contributed by atoms with van der Waals surface area (Å²) in [6.07, 6.45) is 6.43. The first kappa shape index (κ1) is 31.7. The second kappa shape index (κ2) is 14.3. The number of rotatable bonds is 13. The van der Waals surface area contributed by atoms with E-state index in [9.17, 15) is 24.6 Å². The highest BCUT2D eigenvalue weighted by Gasteiger charge is 2.44. The predicted octanol–water partition coefficient (Wildman–Crippen LogP) is 3.73. The van der Waals surface area contributed by atoms with Crippen LogP contribution in [0.25, 0.3) is 0 Å². The van der Waals surface area contributed by atoms with Gasteiger partial charge >= 0.3 is 0 Å². The molecule has 2 bridgehead atoms. The van der Waals surface area contributed by atoms with Crippen molar-refractivity contribution < 1.29 is 34.1 Å². The lowest BCUT2D eigenvalue weighted by Crippen LogP contribution is -2.55. The van der Waals surface area contributed by atoms with Crippen molar-refractivity contribution in [2.75, 3.05) is 26.8 Å². The summed E-state index contributed by atoms with van der Waals surface area (Å²) in [6, 6.07) is 2.55. The minimum Gasteiger partial charge on any atom is -0.493 e. The van der Waals surface area contributed by atoms with Gasteiger partial charge in [-0.3, -0.25) is 14.4 Å². The molecule has 10 heteroatoms. The Morgan fingerprint density at radius 1 is 1.24 bits per heavy atom. The molecular formula is C31H43IN2O7. The lowest BCUT2D eigenvalue weighted by molar-refractivity contribution is -0.140. The molecule has 0 radical (unpaired) electrons. The number of nitrogens with one attached hydrogen (secondary N) is 1. The molecule has 9 nitrogen and oxygen atoms in total. The Hall–Kier alpha value is -2.18. The number of hydrogen-bond donors (Lipinski definition) is 3. The molecule has 0 saturated heterocycles. The standard InChI is InChI=1S/C31H43IN2O7/c1-18(2)6-8-34(28(37)16-22-11-19-4-5-21(22)10-19)25-14-23(31(39)33-7-9-35)15-26(29(25)38)41-30-24(32)12-20(17-36)13-27(30)40-3/h12-13,15,17-19,21-22,25-26,29,35,38H,4-11,14,16H2,1-3H3,(H,33,39). The number of fused-ring (bicyclic) bond motifs is 2. The van der Waals surface area contributed by atoms with Crippen LogP contribution >= 0.6 is 22.6 Å². The molecule has 3 aliphatic carbocycles. The Kier molecular flexibility index (Phi) is 11.1. The van der Waals surface area contributed by atoms with Crippen molar-refractivity contribution >= 4 is 40.7 Å². The van der Waals surface area contributed by atoms with E-state index in [2.05, 4.69) is 19.2 Å². The van der Waals surface area contributed by atoms with E-state index in [0.717, 1.165) is 25.0 Å². The summed E-state index contributed by atoms with van der Waals surface area (Å²) in [5, 5.41) is 23.7. The highest BCUT2D eigenvalue weighted by Crippen LogP contribution is 2.50. The molecule has 0 heterocycles. The number of halogens is 1. The summed E-state index contributed by atoms with van der Waals surface area (Å²) in [4.78, 5) is 40.2. The number of amides is 2. The molecule has 3 aliphatic rings. The van der Waals surface area contributed by atoms with E-state index < -0.39 is 18.2 Å². The van der Waals surface area contributed by atoms with Crippen LogP contribution in [0.15, 0.2) is 23.8 Å². The maximum Gasteiger partial charge on any atom is 0.247 e. The summed E-state index contributed by atoms with van der Waals surface area (Å²) in [7, 11) is 1.47. The molecule has 6 atom stereocenters. The molecule has 2 amide bonds. The van der Waals surface area contributed by atoms with Gasteiger partial charge in [-0.05, 0) is 90.2 Å². The smallest absolute Gasteiger partial charge is 0.247 e. The van der Waals surface area contributed by atoms with E-state index in [1.807, 2.05) is 22.6 Å². The molecule has 6 unspecified atom stereocenters. The SMILES string of the molecule is COc1cc(C=O)cc(I)c1OC1C=C(C(=O)NCCO)CC(N(CCC(C)C)C(=O)CC2CC3CCC2C3)C1O. The van der Waals surface area contributed by atoms with Gasteiger partial charge in [0.15, 0.2) is 11.5 Å². The van der Waals surface area contributed by atoms with Crippen molar-refractivity contribution in [3.63, 3.8) is 0 Å². The first-order valence-corrected chi connectivity index (χ1v) is 15.8. The topological polar surface area (TPSA) is 125 Å². The maximum absolute atomic E-state index is 13.9. The summed E-state index contributed by atoms with van der Waals surface area (Å²) in [5.74, 6) is 2.39. The molecular weight excluding hydrogens is 639 g/mol. The van der Waals surface area contributed by atoms with Gasteiger partial charge < -0.3 is 29.9 Å². The number of benzene rings is 1. The van der Waals surface area contributed by atoms with Gasteiger partial charge in [-0.1, -0.05) is 20.3 Å². The van der Waals surface area contributed by atoms with Gasteiger partial charge in [-0.25, -0.2) is 0 Å². The lowest BCUT2D eigenvalue weighted by atomic mass is 9.84. The third-order valence-corrected chi connectivity index (χ3v) is 9.65. The van der Waals surface area contributed by atoms with Crippen molar-refractivity contribution in [2.45, 2.75) is 77.0 Å². The first-order chi connectivity index (χ1) is 19.6. The molecule has 4 rings (SSSR count). The van der Waals surface area contributed by atoms with E-state index in [-0.39, 0.29) is 31.4 Å². The number of nitrogens with zero attached hydrogens (tertiary/aromatic N) is 1. The maximum atomic E-state index is 13.9. The Labute approximate surface area is 256 Å². The number of ether oxygens (including phenoxy) is 2. The number of aldehydes is 1. The molecule has 0 aliphatic heterocycles. The first-order valence-electron chi connectivity index (χ1n) is 14.7. The van der Waals surface area contributed by atoms with Crippen LogP contribution in [0.5, 0.6) is 11.5 Å². The van der Waals surface area contributed by atoms with E-state index >= 15 is 0 Å². The fraction of sp³-hybridized carbons (Fsp3) is 0.645. The van der Waals surface area contributed by atoms with Gasteiger partial charge in [0.2, 0.25) is 11.8 Å². The lowest BCUT2D eigenvalue weighted by Gasteiger charge is -2.41. The van der Waals surface area contributed by atoms with Crippen LogP contribution in [0, 0.1) is 27.2 Å². The second-order valence-corrected chi connectivity index (χ2v) is 13.2. The fourth-order valence-electron chi connectivity index (χ4n) is 6.68. The molecule has 2 saturated carbocycles. The third kappa shape index (κ3) is 7.62. The highest BCUT2D eigenvalue weighted by molar-refractivity contribution is 14.1.